The van der Waals surface area contributed by atoms with Gasteiger partial charge in [0.2, 0.25) is 0 Å². The monoisotopic (exact) mass is 278 g/mol. The second-order valence-electron chi connectivity index (χ2n) is 5.77. The highest BCUT2D eigenvalue weighted by atomic mass is 19.1. The van der Waals surface area contributed by atoms with Gasteiger partial charge in [-0.05, 0) is 56.8 Å². The maximum atomic E-state index is 13.4. The molecule has 2 nitrogen and oxygen atoms in total. The van der Waals surface area contributed by atoms with Gasteiger partial charge in [-0.2, -0.15) is 0 Å². The number of nitrogens with zero attached hydrogens (tertiary/aromatic N) is 1. The summed E-state index contributed by atoms with van der Waals surface area (Å²) in [5, 5.41) is 3.67. The van der Waals surface area contributed by atoms with Gasteiger partial charge in [0.1, 0.15) is 5.82 Å². The van der Waals surface area contributed by atoms with Crippen LogP contribution in [0, 0.1) is 11.7 Å². The maximum absolute atomic E-state index is 13.4. The van der Waals surface area contributed by atoms with Gasteiger partial charge in [0, 0.05) is 24.8 Å². The molecule has 0 radical (unpaired) electrons. The molecule has 2 atom stereocenters. The highest BCUT2D eigenvalue weighted by Gasteiger charge is 2.28. The zero-order valence-electron chi connectivity index (χ0n) is 12.7. The molecule has 1 aromatic rings. The fourth-order valence-corrected chi connectivity index (χ4v) is 3.23. The number of hydrogen-bond acceptors (Lipinski definition) is 2. The molecule has 1 N–H and O–H groups in total. The molecular weight excluding hydrogens is 251 g/mol. The molecule has 2 unspecified atom stereocenters. The molecular formula is C17H27FN2. The summed E-state index contributed by atoms with van der Waals surface area (Å²) >= 11 is 0. The summed E-state index contributed by atoms with van der Waals surface area (Å²) in [6, 6.07) is 7.61. The van der Waals surface area contributed by atoms with E-state index in [-0.39, 0.29) is 5.82 Å². The molecule has 1 aliphatic carbocycles. The SMILES string of the molecule is CCCNC1CCCC1CN(CC)c1cccc(F)c1. The summed E-state index contributed by atoms with van der Waals surface area (Å²) in [6.45, 7) is 7.42. The first-order valence-electron chi connectivity index (χ1n) is 7.98. The van der Waals surface area contributed by atoms with Gasteiger partial charge in [0.25, 0.3) is 0 Å². The van der Waals surface area contributed by atoms with E-state index in [1.165, 1.54) is 31.7 Å². The van der Waals surface area contributed by atoms with Crippen LogP contribution in [0.1, 0.15) is 39.5 Å². The van der Waals surface area contributed by atoms with Crippen LogP contribution in [0.5, 0.6) is 0 Å². The minimum absolute atomic E-state index is 0.145. The smallest absolute Gasteiger partial charge is 0.125 e. The third-order valence-electron chi connectivity index (χ3n) is 4.33. The first kappa shape index (κ1) is 15.3. The zero-order valence-corrected chi connectivity index (χ0v) is 12.7. The molecule has 0 aliphatic heterocycles. The molecule has 2 rings (SSSR count). The second kappa shape index (κ2) is 7.63. The van der Waals surface area contributed by atoms with E-state index in [2.05, 4.69) is 24.1 Å². The molecule has 0 heterocycles. The Kier molecular flexibility index (Phi) is 5.84. The summed E-state index contributed by atoms with van der Waals surface area (Å²) in [5.41, 5.74) is 1.01. The van der Waals surface area contributed by atoms with Gasteiger partial charge in [0.15, 0.2) is 0 Å². The van der Waals surface area contributed by atoms with E-state index in [9.17, 15) is 4.39 Å². The molecule has 0 bridgehead atoms. The molecule has 3 heteroatoms. The van der Waals surface area contributed by atoms with E-state index < -0.39 is 0 Å². The lowest BCUT2D eigenvalue weighted by atomic mass is 10.0. The van der Waals surface area contributed by atoms with Crippen LogP contribution in [-0.4, -0.2) is 25.7 Å². The Labute approximate surface area is 122 Å². The number of anilines is 1. The molecule has 0 amide bonds. The molecule has 1 aliphatic rings. The fraction of sp³-hybridized carbons (Fsp3) is 0.647. The van der Waals surface area contributed by atoms with Crippen LogP contribution in [0.2, 0.25) is 0 Å². The van der Waals surface area contributed by atoms with Crippen LogP contribution >= 0.6 is 0 Å². The van der Waals surface area contributed by atoms with Crippen molar-refractivity contribution in [1.29, 1.82) is 0 Å². The van der Waals surface area contributed by atoms with Crippen molar-refractivity contribution >= 4 is 5.69 Å². The molecule has 1 saturated carbocycles. The Balaban J connectivity index is 1.98. The standard InChI is InChI=1S/C17H27FN2/c1-3-11-19-17-10-5-7-14(17)13-20(4-2)16-9-6-8-15(18)12-16/h6,8-9,12,14,17,19H,3-5,7,10-11,13H2,1-2H3. The third-order valence-corrected chi connectivity index (χ3v) is 4.33. The predicted molar refractivity (Wildman–Crippen MR) is 83.7 cm³/mol. The molecule has 20 heavy (non-hydrogen) atoms. The maximum Gasteiger partial charge on any atom is 0.125 e. The van der Waals surface area contributed by atoms with E-state index in [1.807, 2.05) is 6.07 Å². The van der Waals surface area contributed by atoms with Crippen molar-refractivity contribution in [2.75, 3.05) is 24.5 Å². The summed E-state index contributed by atoms with van der Waals surface area (Å²) in [7, 11) is 0. The number of hydrogen-bond donors (Lipinski definition) is 1. The first-order chi connectivity index (χ1) is 9.74. The van der Waals surface area contributed by atoms with Crippen molar-refractivity contribution in [1.82, 2.24) is 5.32 Å². The number of benzene rings is 1. The zero-order chi connectivity index (χ0) is 14.4. The fourth-order valence-electron chi connectivity index (χ4n) is 3.23. The highest BCUT2D eigenvalue weighted by Crippen LogP contribution is 2.28. The van der Waals surface area contributed by atoms with Gasteiger partial charge in [0.05, 0.1) is 0 Å². The summed E-state index contributed by atoms with van der Waals surface area (Å²) < 4.78 is 13.4. The second-order valence-corrected chi connectivity index (χ2v) is 5.77. The van der Waals surface area contributed by atoms with Gasteiger partial charge < -0.3 is 10.2 Å². The van der Waals surface area contributed by atoms with E-state index in [4.69, 9.17) is 0 Å². The van der Waals surface area contributed by atoms with E-state index >= 15 is 0 Å². The van der Waals surface area contributed by atoms with Crippen LogP contribution in [-0.2, 0) is 0 Å². The van der Waals surface area contributed by atoms with Gasteiger partial charge in [-0.3, -0.25) is 0 Å². The lowest BCUT2D eigenvalue weighted by Crippen LogP contribution is -2.39. The van der Waals surface area contributed by atoms with Crippen LogP contribution < -0.4 is 10.2 Å². The van der Waals surface area contributed by atoms with Crippen LogP contribution in [0.4, 0.5) is 10.1 Å². The highest BCUT2D eigenvalue weighted by molar-refractivity contribution is 5.46. The number of rotatable bonds is 7. The molecule has 112 valence electrons. The minimum atomic E-state index is -0.145. The van der Waals surface area contributed by atoms with Gasteiger partial charge >= 0.3 is 0 Å². The van der Waals surface area contributed by atoms with E-state index in [1.54, 1.807) is 12.1 Å². The Morgan fingerprint density at radius 2 is 2.15 bits per heavy atom. The molecule has 1 aromatic carbocycles. The van der Waals surface area contributed by atoms with Crippen molar-refractivity contribution in [3.63, 3.8) is 0 Å². The average molecular weight is 278 g/mol. The molecule has 1 fully saturated rings. The van der Waals surface area contributed by atoms with Gasteiger partial charge in [-0.25, -0.2) is 4.39 Å². The van der Waals surface area contributed by atoms with Crippen molar-refractivity contribution in [2.24, 2.45) is 5.92 Å². The Hall–Kier alpha value is -1.09. The molecule has 0 aromatic heterocycles. The topological polar surface area (TPSA) is 15.3 Å². The molecule has 0 saturated heterocycles. The minimum Gasteiger partial charge on any atom is -0.371 e. The van der Waals surface area contributed by atoms with Crippen LogP contribution in [0.15, 0.2) is 24.3 Å². The Morgan fingerprint density at radius 3 is 2.85 bits per heavy atom. The quantitative estimate of drug-likeness (QED) is 0.815. The normalized spacial score (nSPS) is 22.1. The van der Waals surface area contributed by atoms with Crippen LogP contribution in [0.3, 0.4) is 0 Å². The van der Waals surface area contributed by atoms with Crippen LogP contribution in [0.25, 0.3) is 0 Å². The molecule has 0 spiro atoms. The lowest BCUT2D eigenvalue weighted by Gasteiger charge is -2.30. The van der Waals surface area contributed by atoms with Crippen molar-refractivity contribution in [2.45, 2.75) is 45.6 Å². The average Bonchev–Trinajstić information content (AvgIpc) is 2.89. The number of nitrogens with one attached hydrogen (secondary N) is 1. The first-order valence-corrected chi connectivity index (χ1v) is 7.98. The summed E-state index contributed by atoms with van der Waals surface area (Å²) in [5.74, 6) is 0.540. The van der Waals surface area contributed by atoms with Crippen molar-refractivity contribution in [3.8, 4) is 0 Å². The van der Waals surface area contributed by atoms with E-state index in [0.29, 0.717) is 12.0 Å². The van der Waals surface area contributed by atoms with Crippen molar-refractivity contribution < 1.29 is 4.39 Å². The summed E-state index contributed by atoms with van der Waals surface area (Å²) in [6.07, 6.45) is 5.07. The third kappa shape index (κ3) is 3.95. The van der Waals surface area contributed by atoms with Gasteiger partial charge in [-0.1, -0.05) is 19.4 Å². The lowest BCUT2D eigenvalue weighted by molar-refractivity contribution is 0.400. The summed E-state index contributed by atoms with van der Waals surface area (Å²) in [4.78, 5) is 2.31. The van der Waals surface area contributed by atoms with Crippen molar-refractivity contribution in [3.05, 3.63) is 30.1 Å². The van der Waals surface area contributed by atoms with E-state index in [0.717, 1.165) is 25.3 Å². The van der Waals surface area contributed by atoms with Gasteiger partial charge in [-0.15, -0.1) is 0 Å². The number of halogens is 1. The predicted octanol–water partition coefficient (Wildman–Crippen LogP) is 3.82. The largest absolute Gasteiger partial charge is 0.371 e. The Bertz CT molecular complexity index is 408. The Morgan fingerprint density at radius 1 is 1.30 bits per heavy atom.